The Labute approximate surface area is 216 Å². The Balaban J connectivity index is 1.39. The van der Waals surface area contributed by atoms with Gasteiger partial charge < -0.3 is 19.6 Å². The van der Waals surface area contributed by atoms with Crippen molar-refractivity contribution in [3.8, 4) is 28.5 Å². The smallest absolute Gasteiger partial charge is 0.481 e. The zero-order chi connectivity index (χ0) is 26.6. The van der Waals surface area contributed by atoms with Gasteiger partial charge in [-0.15, -0.1) is 24.5 Å². The van der Waals surface area contributed by atoms with E-state index in [1.54, 1.807) is 35.7 Å². The summed E-state index contributed by atoms with van der Waals surface area (Å²) in [6.07, 6.45) is -2.28. The lowest BCUT2D eigenvalue weighted by Gasteiger charge is -2.08. The molecule has 0 bridgehead atoms. The summed E-state index contributed by atoms with van der Waals surface area (Å²) < 4.78 is 46.4. The Bertz CT molecular complexity index is 1460. The maximum Gasteiger partial charge on any atom is 0.573 e. The summed E-state index contributed by atoms with van der Waals surface area (Å²) in [6, 6.07) is 13.3. The minimum absolute atomic E-state index is 0.171. The van der Waals surface area contributed by atoms with Crippen molar-refractivity contribution < 1.29 is 37.0 Å². The Hall–Kier alpha value is -4.09. The van der Waals surface area contributed by atoms with Gasteiger partial charge in [0.25, 0.3) is 0 Å². The van der Waals surface area contributed by atoms with Crippen molar-refractivity contribution in [3.05, 3.63) is 81.6 Å². The highest BCUT2D eigenvalue weighted by Crippen LogP contribution is 2.34. The molecule has 7 nitrogen and oxygen atoms in total. The molecule has 37 heavy (non-hydrogen) atoms. The molecule has 0 radical (unpaired) electrons. The van der Waals surface area contributed by atoms with Crippen LogP contribution in [0.2, 0.25) is 5.02 Å². The number of thiazole rings is 1. The number of carboxylic acids is 1. The van der Waals surface area contributed by atoms with Gasteiger partial charge >= 0.3 is 12.3 Å². The summed E-state index contributed by atoms with van der Waals surface area (Å²) in [5.41, 5.74) is 2.01. The Morgan fingerprint density at radius 2 is 1.84 bits per heavy atom. The second kappa shape index (κ2) is 10.9. The molecule has 2 N–H and O–H groups in total. The van der Waals surface area contributed by atoms with Crippen LogP contribution >= 0.6 is 22.9 Å². The average molecular weight is 549 g/mol. The molecule has 0 unspecified atom stereocenters. The van der Waals surface area contributed by atoms with Gasteiger partial charge in [0.15, 0.2) is 5.76 Å². The summed E-state index contributed by atoms with van der Waals surface area (Å²) >= 11 is 7.62. The second-order valence-corrected chi connectivity index (χ2v) is 8.84. The number of aliphatic carboxylic acids is 1. The summed E-state index contributed by atoms with van der Waals surface area (Å²) in [4.78, 5) is 27.4. The minimum atomic E-state index is -4.78. The molecule has 0 aliphatic carbocycles. The van der Waals surface area contributed by atoms with Crippen molar-refractivity contribution in [2.75, 3.05) is 5.32 Å². The lowest BCUT2D eigenvalue weighted by atomic mass is 10.1. The summed E-state index contributed by atoms with van der Waals surface area (Å²) in [5.74, 6) is -0.880. The zero-order valence-electron chi connectivity index (χ0n) is 18.6. The molecular weight excluding hydrogens is 533 g/mol. The molecule has 1 amide bonds. The third kappa shape index (κ3) is 7.21. The predicted octanol–water partition coefficient (Wildman–Crippen LogP) is 6.90. The summed E-state index contributed by atoms with van der Waals surface area (Å²) in [7, 11) is 0. The molecule has 2 aromatic heterocycles. The van der Waals surface area contributed by atoms with Crippen molar-refractivity contribution >= 4 is 46.6 Å². The van der Waals surface area contributed by atoms with Gasteiger partial charge in [-0.2, -0.15) is 0 Å². The van der Waals surface area contributed by atoms with Crippen LogP contribution in [0.4, 0.5) is 18.9 Å². The van der Waals surface area contributed by atoms with Crippen LogP contribution in [0.15, 0.2) is 70.5 Å². The third-order valence-electron chi connectivity index (χ3n) is 4.76. The summed E-state index contributed by atoms with van der Waals surface area (Å²) in [6.45, 7) is 0. The van der Waals surface area contributed by atoms with Crippen LogP contribution in [0, 0.1) is 0 Å². The number of carbonyl (C=O) groups is 2. The van der Waals surface area contributed by atoms with E-state index in [1.165, 1.54) is 35.6 Å². The number of carboxylic acid groups (broad SMARTS) is 1. The van der Waals surface area contributed by atoms with E-state index in [9.17, 15) is 22.8 Å². The molecule has 0 fully saturated rings. The first-order valence-corrected chi connectivity index (χ1v) is 11.7. The average Bonchev–Trinajstić information content (AvgIpc) is 3.47. The van der Waals surface area contributed by atoms with Crippen molar-refractivity contribution in [1.29, 1.82) is 0 Å². The van der Waals surface area contributed by atoms with Crippen LogP contribution in [0.5, 0.6) is 5.75 Å². The topological polar surface area (TPSA) is 102 Å². The number of benzene rings is 2. The van der Waals surface area contributed by atoms with Crippen molar-refractivity contribution in [1.82, 2.24) is 4.98 Å². The fourth-order valence-electron chi connectivity index (χ4n) is 3.18. The van der Waals surface area contributed by atoms with Gasteiger partial charge in [0.1, 0.15) is 22.2 Å². The zero-order valence-corrected chi connectivity index (χ0v) is 20.2. The number of ether oxygens (including phenoxy) is 1. The van der Waals surface area contributed by atoms with E-state index < -0.39 is 18.2 Å². The molecule has 0 atom stereocenters. The van der Waals surface area contributed by atoms with E-state index in [0.29, 0.717) is 44.1 Å². The van der Waals surface area contributed by atoms with E-state index in [1.807, 2.05) is 0 Å². The van der Waals surface area contributed by atoms with Gasteiger partial charge in [-0.3, -0.25) is 9.59 Å². The Kier molecular flexibility index (Phi) is 7.65. The van der Waals surface area contributed by atoms with Crippen LogP contribution in [-0.4, -0.2) is 28.3 Å². The molecule has 0 saturated heterocycles. The molecule has 0 saturated carbocycles. The number of anilines is 1. The van der Waals surface area contributed by atoms with Crippen molar-refractivity contribution in [2.24, 2.45) is 0 Å². The lowest BCUT2D eigenvalue weighted by Crippen LogP contribution is -2.16. The fourth-order valence-corrected chi connectivity index (χ4v) is 4.23. The first-order chi connectivity index (χ1) is 17.6. The minimum Gasteiger partial charge on any atom is -0.481 e. The number of halogens is 4. The number of nitrogens with one attached hydrogen (secondary N) is 1. The Morgan fingerprint density at radius 1 is 1.11 bits per heavy atom. The van der Waals surface area contributed by atoms with E-state index in [0.717, 1.165) is 12.1 Å². The number of carbonyl (C=O) groups excluding carboxylic acids is 1. The van der Waals surface area contributed by atoms with Gasteiger partial charge in [-0.1, -0.05) is 23.7 Å². The standard InChI is InChI=1S/C25H16ClF3N2O5S/c26-18-11-15(30-22(32)10-3-14-1-5-16(6-2-14)36-25(27,28)29)4-7-17(18)20-8-9-21(35-20)19-13-37-23(31-19)12-24(33)34/h1-11,13H,12H2,(H,30,32)(H,33,34)/b10-3+. The highest BCUT2D eigenvalue weighted by Gasteiger charge is 2.30. The maximum atomic E-state index is 12.3. The number of aromatic nitrogens is 1. The van der Waals surface area contributed by atoms with Gasteiger partial charge in [0.05, 0.1) is 11.4 Å². The molecule has 4 rings (SSSR count). The number of alkyl halides is 3. The van der Waals surface area contributed by atoms with Crippen molar-refractivity contribution in [3.63, 3.8) is 0 Å². The van der Waals surface area contributed by atoms with E-state index in [-0.39, 0.29) is 12.2 Å². The molecule has 0 spiro atoms. The van der Waals surface area contributed by atoms with E-state index in [2.05, 4.69) is 15.0 Å². The molecule has 0 aliphatic heterocycles. The largest absolute Gasteiger partial charge is 0.573 e. The van der Waals surface area contributed by atoms with Crippen LogP contribution in [-0.2, 0) is 16.0 Å². The van der Waals surface area contributed by atoms with Gasteiger partial charge in [-0.25, -0.2) is 4.98 Å². The van der Waals surface area contributed by atoms with Gasteiger partial charge in [-0.05, 0) is 54.1 Å². The van der Waals surface area contributed by atoms with Crippen LogP contribution < -0.4 is 10.1 Å². The van der Waals surface area contributed by atoms with E-state index in [4.69, 9.17) is 21.1 Å². The molecular formula is C25H16ClF3N2O5S. The number of furan rings is 1. The maximum absolute atomic E-state index is 12.3. The Morgan fingerprint density at radius 3 is 2.51 bits per heavy atom. The molecule has 12 heteroatoms. The molecule has 2 aromatic carbocycles. The summed E-state index contributed by atoms with van der Waals surface area (Å²) in [5, 5.41) is 14.0. The van der Waals surface area contributed by atoms with Crippen LogP contribution in [0.1, 0.15) is 10.6 Å². The third-order valence-corrected chi connectivity index (χ3v) is 5.92. The molecule has 4 aromatic rings. The second-order valence-electron chi connectivity index (χ2n) is 7.49. The van der Waals surface area contributed by atoms with Gasteiger partial charge in [0.2, 0.25) is 5.91 Å². The van der Waals surface area contributed by atoms with Gasteiger partial charge in [0, 0.05) is 22.7 Å². The lowest BCUT2D eigenvalue weighted by molar-refractivity contribution is -0.274. The first kappa shape index (κ1) is 26.0. The fraction of sp³-hybridized carbons (Fsp3) is 0.0800. The molecule has 190 valence electrons. The van der Waals surface area contributed by atoms with Crippen LogP contribution in [0.3, 0.4) is 0 Å². The number of nitrogens with zero attached hydrogens (tertiary/aromatic N) is 1. The SMILES string of the molecule is O=C(O)Cc1nc(-c2ccc(-c3ccc(NC(=O)/C=C/c4ccc(OC(F)(F)F)cc4)cc3Cl)o2)cs1. The van der Waals surface area contributed by atoms with Crippen molar-refractivity contribution in [2.45, 2.75) is 12.8 Å². The number of rotatable bonds is 8. The molecule has 0 aliphatic rings. The number of amides is 1. The van der Waals surface area contributed by atoms with E-state index >= 15 is 0 Å². The normalized spacial score (nSPS) is 11.6. The molecule has 2 heterocycles. The first-order valence-electron chi connectivity index (χ1n) is 10.5. The predicted molar refractivity (Wildman–Crippen MR) is 132 cm³/mol. The highest BCUT2D eigenvalue weighted by molar-refractivity contribution is 7.10. The quantitative estimate of drug-likeness (QED) is 0.232. The van der Waals surface area contributed by atoms with Crippen LogP contribution in [0.25, 0.3) is 28.9 Å². The highest BCUT2D eigenvalue weighted by atomic mass is 35.5. The number of hydrogen-bond donors (Lipinski definition) is 2. The number of hydrogen-bond acceptors (Lipinski definition) is 6. The monoisotopic (exact) mass is 548 g/mol.